The zero-order valence-electron chi connectivity index (χ0n) is 9.34. The fraction of sp³-hybridized carbons (Fsp3) is 0.500. The smallest absolute Gasteiger partial charge is 0.240 e. The predicted octanol–water partition coefficient (Wildman–Crippen LogP) is -0.153. The summed E-state index contributed by atoms with van der Waals surface area (Å²) >= 11 is 0. The van der Waals surface area contributed by atoms with Gasteiger partial charge in [0.25, 0.3) is 0 Å². The Morgan fingerprint density at radius 1 is 1.75 bits per heavy atom. The third-order valence-electron chi connectivity index (χ3n) is 1.92. The molecule has 0 radical (unpaired) electrons. The van der Waals surface area contributed by atoms with Gasteiger partial charge in [0.2, 0.25) is 5.91 Å². The third kappa shape index (κ3) is 3.82. The highest BCUT2D eigenvalue weighted by molar-refractivity contribution is 5.76. The van der Waals surface area contributed by atoms with Crippen LogP contribution in [0.1, 0.15) is 17.4 Å². The first-order valence-corrected chi connectivity index (χ1v) is 4.91. The number of hydrogen-bond acceptors (Lipinski definition) is 4. The van der Waals surface area contributed by atoms with Crippen molar-refractivity contribution in [2.75, 3.05) is 13.7 Å². The number of rotatable bonds is 6. The molecule has 0 saturated heterocycles. The highest BCUT2D eigenvalue weighted by Crippen LogP contribution is 1.93. The Morgan fingerprint density at radius 2 is 2.50 bits per heavy atom. The van der Waals surface area contributed by atoms with E-state index in [1.54, 1.807) is 11.7 Å². The maximum Gasteiger partial charge on any atom is 0.240 e. The minimum Gasteiger partial charge on any atom is -0.383 e. The first kappa shape index (κ1) is 12.4. The molecule has 1 aromatic heterocycles. The lowest BCUT2D eigenvalue weighted by molar-refractivity contribution is -0.122. The van der Waals surface area contributed by atoms with E-state index in [4.69, 9.17) is 4.74 Å². The Balaban J connectivity index is 2.42. The fourth-order valence-corrected chi connectivity index (χ4v) is 1.30. The van der Waals surface area contributed by atoms with Gasteiger partial charge in [0.05, 0.1) is 12.9 Å². The van der Waals surface area contributed by atoms with Gasteiger partial charge in [-0.3, -0.25) is 9.59 Å². The van der Waals surface area contributed by atoms with Crippen molar-refractivity contribution in [3.8, 4) is 0 Å². The highest BCUT2D eigenvalue weighted by Gasteiger charge is 2.07. The molecule has 0 fully saturated rings. The summed E-state index contributed by atoms with van der Waals surface area (Å²) in [5, 5.41) is 2.76. The highest BCUT2D eigenvalue weighted by atomic mass is 16.5. The van der Waals surface area contributed by atoms with Crippen LogP contribution in [-0.2, 0) is 16.1 Å². The predicted molar refractivity (Wildman–Crippen MR) is 57.1 cm³/mol. The number of hydrogen-bond donors (Lipinski definition) is 1. The second-order valence-corrected chi connectivity index (χ2v) is 3.51. The average Bonchev–Trinajstić information content (AvgIpc) is 2.65. The van der Waals surface area contributed by atoms with E-state index < -0.39 is 0 Å². The zero-order chi connectivity index (χ0) is 12.0. The minimum atomic E-state index is -0.139. The number of imidazole rings is 1. The molecule has 16 heavy (non-hydrogen) atoms. The molecule has 1 rings (SSSR count). The van der Waals surface area contributed by atoms with Crippen molar-refractivity contribution in [3.63, 3.8) is 0 Å². The van der Waals surface area contributed by atoms with Gasteiger partial charge in [-0.2, -0.15) is 0 Å². The first-order valence-electron chi connectivity index (χ1n) is 4.91. The van der Waals surface area contributed by atoms with Crippen LogP contribution in [-0.4, -0.2) is 41.5 Å². The molecule has 0 aromatic carbocycles. The summed E-state index contributed by atoms with van der Waals surface area (Å²) in [6.45, 7) is 2.47. The van der Waals surface area contributed by atoms with Gasteiger partial charge in [0.1, 0.15) is 12.2 Å². The van der Waals surface area contributed by atoms with Gasteiger partial charge in [-0.25, -0.2) is 4.98 Å². The first-order chi connectivity index (χ1) is 7.65. The second kappa shape index (κ2) is 6.02. The van der Waals surface area contributed by atoms with Crippen LogP contribution < -0.4 is 5.32 Å². The van der Waals surface area contributed by atoms with Crippen LogP contribution in [0.5, 0.6) is 0 Å². The summed E-state index contributed by atoms with van der Waals surface area (Å²) in [5.74, 6) is -0.139. The van der Waals surface area contributed by atoms with Gasteiger partial charge in [0.15, 0.2) is 6.29 Å². The maximum atomic E-state index is 11.5. The number of aldehydes is 1. The van der Waals surface area contributed by atoms with E-state index in [1.807, 2.05) is 6.92 Å². The van der Waals surface area contributed by atoms with Crippen molar-refractivity contribution in [3.05, 3.63) is 18.2 Å². The number of ether oxygens (including phenoxy) is 1. The number of methoxy groups -OCH3 is 1. The maximum absolute atomic E-state index is 11.5. The molecule has 0 aliphatic heterocycles. The molecule has 1 unspecified atom stereocenters. The quantitative estimate of drug-likeness (QED) is 0.683. The standard InChI is InChI=1S/C10H15N3O3/c1-8(6-16-2)12-10(15)4-13-3-9(5-14)11-7-13/h3,5,7-8H,4,6H2,1-2H3,(H,12,15). The van der Waals surface area contributed by atoms with Crippen molar-refractivity contribution in [1.82, 2.24) is 14.9 Å². The fourth-order valence-electron chi connectivity index (χ4n) is 1.30. The van der Waals surface area contributed by atoms with Crippen molar-refractivity contribution in [2.24, 2.45) is 0 Å². The number of amides is 1. The van der Waals surface area contributed by atoms with Gasteiger partial charge in [-0.1, -0.05) is 0 Å². The molecule has 6 heteroatoms. The number of carbonyl (C=O) groups excluding carboxylic acids is 2. The van der Waals surface area contributed by atoms with E-state index in [2.05, 4.69) is 10.3 Å². The van der Waals surface area contributed by atoms with Crippen LogP contribution in [0, 0.1) is 0 Å². The lowest BCUT2D eigenvalue weighted by Crippen LogP contribution is -2.37. The molecule has 0 spiro atoms. The van der Waals surface area contributed by atoms with Gasteiger partial charge >= 0.3 is 0 Å². The summed E-state index contributed by atoms with van der Waals surface area (Å²) in [6.07, 6.45) is 3.61. The van der Waals surface area contributed by atoms with E-state index in [-0.39, 0.29) is 18.5 Å². The largest absolute Gasteiger partial charge is 0.383 e. The molecule has 0 aliphatic carbocycles. The Bertz CT molecular complexity index is 362. The van der Waals surface area contributed by atoms with Gasteiger partial charge < -0.3 is 14.6 Å². The van der Waals surface area contributed by atoms with Gasteiger partial charge in [-0.05, 0) is 6.92 Å². The summed E-state index contributed by atoms with van der Waals surface area (Å²) in [5.41, 5.74) is 0.317. The summed E-state index contributed by atoms with van der Waals surface area (Å²) < 4.78 is 6.45. The Labute approximate surface area is 93.6 Å². The molecule has 1 heterocycles. The average molecular weight is 225 g/mol. The monoisotopic (exact) mass is 225 g/mol. The molecule has 0 aliphatic rings. The molecule has 6 nitrogen and oxygen atoms in total. The lowest BCUT2D eigenvalue weighted by atomic mass is 10.3. The molecular weight excluding hydrogens is 210 g/mol. The zero-order valence-corrected chi connectivity index (χ0v) is 9.34. The van der Waals surface area contributed by atoms with Crippen molar-refractivity contribution >= 4 is 12.2 Å². The third-order valence-corrected chi connectivity index (χ3v) is 1.92. The van der Waals surface area contributed by atoms with E-state index in [9.17, 15) is 9.59 Å². The Kier molecular flexibility index (Phi) is 4.65. The molecule has 1 N–H and O–H groups in total. The Hall–Kier alpha value is -1.69. The Morgan fingerprint density at radius 3 is 3.06 bits per heavy atom. The molecule has 1 amide bonds. The van der Waals surface area contributed by atoms with Crippen LogP contribution in [0.15, 0.2) is 12.5 Å². The van der Waals surface area contributed by atoms with Crippen LogP contribution in [0.4, 0.5) is 0 Å². The molecule has 1 atom stereocenters. The summed E-state index contributed by atoms with van der Waals surface area (Å²) in [4.78, 5) is 25.7. The van der Waals surface area contributed by atoms with Crippen molar-refractivity contribution in [2.45, 2.75) is 19.5 Å². The van der Waals surface area contributed by atoms with Gasteiger partial charge in [-0.15, -0.1) is 0 Å². The normalized spacial score (nSPS) is 12.1. The van der Waals surface area contributed by atoms with Crippen LogP contribution in [0.25, 0.3) is 0 Å². The summed E-state index contributed by atoms with van der Waals surface area (Å²) in [7, 11) is 1.58. The van der Waals surface area contributed by atoms with Crippen molar-refractivity contribution in [1.29, 1.82) is 0 Å². The van der Waals surface area contributed by atoms with E-state index in [0.717, 1.165) is 0 Å². The van der Waals surface area contributed by atoms with Crippen LogP contribution >= 0.6 is 0 Å². The molecule has 88 valence electrons. The molecule has 1 aromatic rings. The number of nitrogens with zero attached hydrogens (tertiary/aromatic N) is 2. The van der Waals surface area contributed by atoms with Crippen molar-refractivity contribution < 1.29 is 14.3 Å². The lowest BCUT2D eigenvalue weighted by Gasteiger charge is -2.12. The minimum absolute atomic E-state index is 0.0356. The number of aromatic nitrogens is 2. The molecule has 0 saturated carbocycles. The van der Waals surface area contributed by atoms with Crippen LogP contribution in [0.2, 0.25) is 0 Å². The van der Waals surface area contributed by atoms with Crippen LogP contribution in [0.3, 0.4) is 0 Å². The summed E-state index contributed by atoms with van der Waals surface area (Å²) in [6, 6.07) is -0.0356. The number of carbonyl (C=O) groups is 2. The van der Waals surface area contributed by atoms with Gasteiger partial charge in [0, 0.05) is 19.3 Å². The second-order valence-electron chi connectivity index (χ2n) is 3.51. The SMILES string of the molecule is COCC(C)NC(=O)Cn1cnc(C=O)c1. The van der Waals surface area contributed by atoms with E-state index in [1.165, 1.54) is 12.5 Å². The topological polar surface area (TPSA) is 73.2 Å². The van der Waals surface area contributed by atoms with E-state index >= 15 is 0 Å². The molecular formula is C10H15N3O3. The number of nitrogens with one attached hydrogen (secondary N) is 1. The van der Waals surface area contributed by atoms with E-state index in [0.29, 0.717) is 18.6 Å². The molecule has 0 bridgehead atoms.